The van der Waals surface area contributed by atoms with Crippen LogP contribution in [0, 0.1) is 5.92 Å². The van der Waals surface area contributed by atoms with E-state index in [1.54, 1.807) is 4.90 Å². The van der Waals surface area contributed by atoms with Crippen molar-refractivity contribution in [3.63, 3.8) is 0 Å². The maximum absolute atomic E-state index is 13.2. The summed E-state index contributed by atoms with van der Waals surface area (Å²) < 4.78 is 0. The molecule has 0 radical (unpaired) electrons. The van der Waals surface area contributed by atoms with Gasteiger partial charge in [0.1, 0.15) is 6.54 Å². The highest BCUT2D eigenvalue weighted by Gasteiger charge is 2.37. The monoisotopic (exact) mass is 389 g/mol. The molecule has 5 heteroatoms. The van der Waals surface area contributed by atoms with Gasteiger partial charge in [0, 0.05) is 11.8 Å². The molecule has 0 aromatic heterocycles. The lowest BCUT2D eigenvalue weighted by atomic mass is 10.0. The molecule has 150 valence electrons. The molecule has 2 atom stereocenters. The lowest BCUT2D eigenvalue weighted by Gasteiger charge is -2.25. The van der Waals surface area contributed by atoms with Crippen LogP contribution in [0.15, 0.2) is 59.6 Å². The van der Waals surface area contributed by atoms with Gasteiger partial charge in [-0.1, -0.05) is 42.5 Å². The summed E-state index contributed by atoms with van der Waals surface area (Å²) in [4.78, 5) is 32.3. The van der Waals surface area contributed by atoms with E-state index in [9.17, 15) is 9.59 Å². The molecule has 0 unspecified atom stereocenters. The molecule has 0 bridgehead atoms. The Labute approximate surface area is 171 Å². The average molecular weight is 389 g/mol. The first kappa shape index (κ1) is 19.4. The lowest BCUT2D eigenvalue weighted by Crippen LogP contribution is -2.45. The number of benzene rings is 2. The van der Waals surface area contributed by atoms with Crippen LogP contribution in [0.25, 0.3) is 0 Å². The van der Waals surface area contributed by atoms with Crippen molar-refractivity contribution in [2.75, 3.05) is 11.4 Å². The van der Waals surface area contributed by atoms with E-state index < -0.39 is 0 Å². The number of carbonyl (C=O) groups is 2. The second-order valence-electron chi connectivity index (χ2n) is 7.95. The summed E-state index contributed by atoms with van der Waals surface area (Å²) in [6.45, 7) is 2.04. The topological polar surface area (TPSA) is 61.8 Å². The summed E-state index contributed by atoms with van der Waals surface area (Å²) in [6.07, 6.45) is 4.43. The van der Waals surface area contributed by atoms with Gasteiger partial charge in [0.2, 0.25) is 11.8 Å². The molecule has 5 nitrogen and oxygen atoms in total. The first-order valence-corrected chi connectivity index (χ1v) is 10.4. The van der Waals surface area contributed by atoms with Crippen LogP contribution < -0.4 is 10.2 Å². The van der Waals surface area contributed by atoms with Crippen LogP contribution in [0.3, 0.4) is 0 Å². The molecular formula is C24H27N3O2. The van der Waals surface area contributed by atoms with Gasteiger partial charge in [-0.3, -0.25) is 14.6 Å². The fourth-order valence-electron chi connectivity index (χ4n) is 4.20. The van der Waals surface area contributed by atoms with Crippen molar-refractivity contribution >= 4 is 28.9 Å². The Morgan fingerprint density at radius 2 is 1.93 bits per heavy atom. The maximum Gasteiger partial charge on any atom is 0.240 e. The van der Waals surface area contributed by atoms with Gasteiger partial charge in [0.05, 0.1) is 17.3 Å². The highest BCUT2D eigenvalue weighted by atomic mass is 16.2. The fourth-order valence-corrected chi connectivity index (χ4v) is 4.20. The molecule has 2 amide bonds. The van der Waals surface area contributed by atoms with E-state index >= 15 is 0 Å². The molecule has 1 aliphatic carbocycles. The molecule has 2 aliphatic rings. The minimum absolute atomic E-state index is 0.00158. The number of fused-ring (bicyclic) bond motifs is 2. The fraction of sp³-hybridized carbons (Fsp3) is 0.375. The molecule has 29 heavy (non-hydrogen) atoms. The molecule has 2 aromatic rings. The number of aryl methyl sites for hydroxylation is 1. The maximum atomic E-state index is 13.2. The van der Waals surface area contributed by atoms with E-state index in [-0.39, 0.29) is 30.3 Å². The van der Waals surface area contributed by atoms with Crippen molar-refractivity contribution in [1.82, 2.24) is 5.32 Å². The second-order valence-corrected chi connectivity index (χ2v) is 7.95. The van der Waals surface area contributed by atoms with E-state index in [0.29, 0.717) is 0 Å². The molecule has 1 N–H and O–H groups in total. The molecule has 2 aromatic carbocycles. The summed E-state index contributed by atoms with van der Waals surface area (Å²) in [7, 11) is 0. The first-order valence-electron chi connectivity index (χ1n) is 10.4. The average Bonchev–Trinajstić information content (AvgIpc) is 3.16. The van der Waals surface area contributed by atoms with E-state index in [1.807, 2.05) is 49.4 Å². The Bertz CT molecular complexity index is 923. The van der Waals surface area contributed by atoms with E-state index in [0.717, 1.165) is 49.2 Å². The number of aliphatic imine (C=N–C) groups is 1. The van der Waals surface area contributed by atoms with E-state index in [1.165, 1.54) is 5.56 Å². The van der Waals surface area contributed by atoms with Crippen molar-refractivity contribution in [2.45, 2.75) is 45.1 Å². The summed E-state index contributed by atoms with van der Waals surface area (Å²) in [6, 6.07) is 17.9. The lowest BCUT2D eigenvalue weighted by molar-refractivity contribution is -0.125. The zero-order valence-corrected chi connectivity index (χ0v) is 16.8. The quantitative estimate of drug-likeness (QED) is 0.810. The number of hydrogen-bond acceptors (Lipinski definition) is 3. The predicted octanol–water partition coefficient (Wildman–Crippen LogP) is 4.04. The van der Waals surface area contributed by atoms with Gasteiger partial charge in [0.25, 0.3) is 0 Å². The van der Waals surface area contributed by atoms with Crippen molar-refractivity contribution in [3.8, 4) is 0 Å². The molecular weight excluding hydrogens is 362 g/mol. The molecule has 0 saturated heterocycles. The third-order valence-corrected chi connectivity index (χ3v) is 5.75. The number of carbonyl (C=O) groups excluding carboxylic acids is 2. The number of para-hydroxylation sites is 2. The number of hydrogen-bond donors (Lipinski definition) is 1. The summed E-state index contributed by atoms with van der Waals surface area (Å²) in [5.41, 5.74) is 3.73. The zero-order valence-electron chi connectivity index (χ0n) is 16.8. The Morgan fingerprint density at radius 3 is 2.76 bits per heavy atom. The molecule has 1 aliphatic heterocycles. The summed E-state index contributed by atoms with van der Waals surface area (Å²) >= 11 is 0. The van der Waals surface area contributed by atoms with Gasteiger partial charge in [-0.15, -0.1) is 0 Å². The minimum atomic E-state index is -0.189. The van der Waals surface area contributed by atoms with Crippen LogP contribution in [0.4, 0.5) is 11.4 Å². The second kappa shape index (κ2) is 8.60. The van der Waals surface area contributed by atoms with E-state index in [2.05, 4.69) is 17.4 Å². The van der Waals surface area contributed by atoms with Crippen LogP contribution >= 0.6 is 0 Å². The zero-order chi connectivity index (χ0) is 20.2. The highest BCUT2D eigenvalue weighted by molar-refractivity contribution is 6.16. The van der Waals surface area contributed by atoms with Crippen molar-refractivity contribution in [1.29, 1.82) is 0 Å². The SMILES string of the molecule is C[C@@H](CCc1ccccc1)NC(=O)CN1C(=O)[C@@H]2CCCC2=Nc2ccccc21. The molecule has 0 spiro atoms. The Hall–Kier alpha value is -2.95. The molecule has 4 rings (SSSR count). The van der Waals surface area contributed by atoms with Crippen LogP contribution in [0.2, 0.25) is 0 Å². The largest absolute Gasteiger partial charge is 0.352 e. The third kappa shape index (κ3) is 4.39. The minimum Gasteiger partial charge on any atom is -0.352 e. The highest BCUT2D eigenvalue weighted by Crippen LogP contribution is 2.37. The van der Waals surface area contributed by atoms with Gasteiger partial charge in [-0.05, 0) is 56.7 Å². The van der Waals surface area contributed by atoms with Gasteiger partial charge < -0.3 is 10.2 Å². The summed E-state index contributed by atoms with van der Waals surface area (Å²) in [5.74, 6) is -0.320. The third-order valence-electron chi connectivity index (χ3n) is 5.75. The van der Waals surface area contributed by atoms with E-state index in [4.69, 9.17) is 4.99 Å². The summed E-state index contributed by atoms with van der Waals surface area (Å²) in [5, 5.41) is 3.06. The normalized spacial score (nSPS) is 19.1. The van der Waals surface area contributed by atoms with Crippen LogP contribution in [0.5, 0.6) is 0 Å². The van der Waals surface area contributed by atoms with Crippen molar-refractivity contribution < 1.29 is 9.59 Å². The molecule has 1 saturated carbocycles. The van der Waals surface area contributed by atoms with Crippen LogP contribution in [-0.2, 0) is 16.0 Å². The van der Waals surface area contributed by atoms with Crippen LogP contribution in [-0.4, -0.2) is 30.1 Å². The predicted molar refractivity (Wildman–Crippen MR) is 116 cm³/mol. The first-order chi connectivity index (χ1) is 14.1. The van der Waals surface area contributed by atoms with Gasteiger partial charge in [0.15, 0.2) is 0 Å². The van der Waals surface area contributed by atoms with Crippen molar-refractivity contribution in [3.05, 3.63) is 60.2 Å². The standard InChI is InChI=1S/C24H27N3O2/c1-17(14-15-18-8-3-2-4-9-18)25-23(28)16-27-22-13-6-5-11-21(22)26-20-12-7-10-19(20)24(27)29/h2-6,8-9,11,13,17,19H,7,10,12,14-16H2,1H3,(H,25,28)/t17-,19+/m0/s1. The number of anilines is 1. The Balaban J connectivity index is 1.42. The smallest absolute Gasteiger partial charge is 0.240 e. The van der Waals surface area contributed by atoms with Crippen molar-refractivity contribution in [2.24, 2.45) is 10.9 Å². The number of nitrogens with one attached hydrogen (secondary N) is 1. The van der Waals surface area contributed by atoms with Gasteiger partial charge >= 0.3 is 0 Å². The van der Waals surface area contributed by atoms with Gasteiger partial charge in [-0.2, -0.15) is 0 Å². The number of rotatable bonds is 6. The molecule has 1 heterocycles. The Kier molecular flexibility index (Phi) is 5.74. The Morgan fingerprint density at radius 1 is 1.17 bits per heavy atom. The number of nitrogens with zero attached hydrogens (tertiary/aromatic N) is 2. The van der Waals surface area contributed by atoms with Gasteiger partial charge in [-0.25, -0.2) is 0 Å². The molecule has 1 fully saturated rings. The van der Waals surface area contributed by atoms with Crippen LogP contribution in [0.1, 0.15) is 38.2 Å². The number of amides is 2.